The van der Waals surface area contributed by atoms with Crippen LogP contribution in [0.25, 0.3) is 0 Å². The van der Waals surface area contributed by atoms with Crippen molar-refractivity contribution in [3.05, 3.63) is 12.2 Å². The average Bonchev–Trinajstić information content (AvgIpc) is 3.41. The van der Waals surface area contributed by atoms with Gasteiger partial charge in [-0.15, -0.1) is 0 Å². The minimum absolute atomic E-state index is 0.0291. The fourth-order valence-electron chi connectivity index (χ4n) is 2.60. The quantitative estimate of drug-likeness (QED) is 0.296. The van der Waals surface area contributed by atoms with Crippen LogP contribution in [0.15, 0.2) is 12.2 Å². The summed E-state index contributed by atoms with van der Waals surface area (Å²) in [5, 5.41) is 1.14. The summed E-state index contributed by atoms with van der Waals surface area (Å²) >= 11 is 0. The van der Waals surface area contributed by atoms with Crippen LogP contribution in [-0.2, 0) is 18.8 Å². The molecule has 30 heavy (non-hydrogen) atoms. The molecule has 0 radical (unpaired) electrons. The Morgan fingerprint density at radius 3 is 2.07 bits per heavy atom. The van der Waals surface area contributed by atoms with Crippen LogP contribution in [0.5, 0.6) is 0 Å². The van der Waals surface area contributed by atoms with Crippen molar-refractivity contribution in [1.82, 2.24) is 9.96 Å². The van der Waals surface area contributed by atoms with Gasteiger partial charge in [0.05, 0.1) is 19.8 Å². The van der Waals surface area contributed by atoms with Crippen LogP contribution in [0.2, 0.25) is 18.1 Å². The van der Waals surface area contributed by atoms with E-state index in [1.807, 2.05) is 20.8 Å². The lowest BCUT2D eigenvalue weighted by Gasteiger charge is -2.40. The van der Waals surface area contributed by atoms with E-state index in [-0.39, 0.29) is 17.5 Å². The van der Waals surface area contributed by atoms with Crippen LogP contribution < -0.4 is 0 Å². The number of hydroxylamine groups is 2. The summed E-state index contributed by atoms with van der Waals surface area (Å²) in [6, 6.07) is -0.435. The Bertz CT molecular complexity index is 632. The fraction of sp³-hybridized carbons (Fsp3) is 0.818. The molecule has 1 fully saturated rings. The van der Waals surface area contributed by atoms with Crippen molar-refractivity contribution in [1.29, 1.82) is 0 Å². The molecule has 174 valence electrons. The lowest BCUT2D eigenvalue weighted by atomic mass is 10.0. The maximum Gasteiger partial charge on any atom is 0.411 e. The predicted molar refractivity (Wildman–Crippen MR) is 122 cm³/mol. The van der Waals surface area contributed by atoms with Crippen LogP contribution in [0, 0.1) is 5.92 Å². The molecular formula is C22H42N2O5Si. The maximum atomic E-state index is 13.1. The van der Waals surface area contributed by atoms with Crippen molar-refractivity contribution >= 4 is 20.3 Å². The molecule has 0 aromatic carbocycles. The molecule has 1 unspecified atom stereocenters. The van der Waals surface area contributed by atoms with Gasteiger partial charge in [0, 0.05) is 7.05 Å². The van der Waals surface area contributed by atoms with Gasteiger partial charge in [-0.05, 0) is 63.2 Å². The lowest BCUT2D eigenvalue weighted by molar-refractivity contribution is -0.170. The third-order valence-electron chi connectivity index (χ3n) is 5.87. The monoisotopic (exact) mass is 442 g/mol. The topological polar surface area (TPSA) is 68.3 Å². The summed E-state index contributed by atoms with van der Waals surface area (Å²) in [5.41, 5.74) is 0.240. The van der Waals surface area contributed by atoms with Crippen LogP contribution in [0.3, 0.4) is 0 Å². The third kappa shape index (κ3) is 7.70. The van der Waals surface area contributed by atoms with Crippen molar-refractivity contribution in [2.75, 3.05) is 27.3 Å². The molecule has 0 aromatic heterocycles. The first-order chi connectivity index (χ1) is 13.5. The molecule has 1 saturated carbocycles. The summed E-state index contributed by atoms with van der Waals surface area (Å²) < 4.78 is 12.1. The number of carbonyl (C=O) groups is 2. The van der Waals surface area contributed by atoms with Gasteiger partial charge in [-0.1, -0.05) is 27.4 Å². The molecule has 0 N–H and O–H groups in total. The number of hydrogen-bond acceptors (Lipinski definition) is 5. The summed E-state index contributed by atoms with van der Waals surface area (Å²) in [5.74, 6) is 0.00231. The molecule has 1 aliphatic carbocycles. The van der Waals surface area contributed by atoms with E-state index in [4.69, 9.17) is 14.0 Å². The predicted octanol–water partition coefficient (Wildman–Crippen LogP) is 4.60. The van der Waals surface area contributed by atoms with Gasteiger partial charge in [0.1, 0.15) is 12.1 Å². The first kappa shape index (κ1) is 26.7. The summed E-state index contributed by atoms with van der Waals surface area (Å²) in [4.78, 5) is 32.2. The molecule has 2 amide bonds. The van der Waals surface area contributed by atoms with Crippen molar-refractivity contribution in [2.24, 2.45) is 5.92 Å². The van der Waals surface area contributed by atoms with Gasteiger partial charge in [0.25, 0.3) is 5.91 Å². The van der Waals surface area contributed by atoms with Crippen molar-refractivity contribution in [3.8, 4) is 0 Å². The first-order valence-corrected chi connectivity index (χ1v) is 13.5. The van der Waals surface area contributed by atoms with Crippen molar-refractivity contribution < 1.29 is 23.6 Å². The van der Waals surface area contributed by atoms with Crippen LogP contribution >= 0.6 is 0 Å². The zero-order chi connectivity index (χ0) is 23.5. The van der Waals surface area contributed by atoms with E-state index in [0.29, 0.717) is 12.5 Å². The summed E-state index contributed by atoms with van der Waals surface area (Å²) in [6.07, 6.45) is 1.54. The van der Waals surface area contributed by atoms with E-state index in [0.717, 1.165) is 23.5 Å². The van der Waals surface area contributed by atoms with Gasteiger partial charge in [-0.25, -0.2) is 9.86 Å². The molecular weight excluding hydrogens is 400 g/mol. The van der Waals surface area contributed by atoms with Gasteiger partial charge in [-0.2, -0.15) is 0 Å². The first-order valence-electron chi connectivity index (χ1n) is 10.6. The van der Waals surface area contributed by atoms with E-state index in [1.165, 1.54) is 19.1 Å². The number of carbonyl (C=O) groups excluding carboxylic acids is 2. The Balaban J connectivity index is 3.20. The lowest BCUT2D eigenvalue weighted by Crippen LogP contribution is -2.52. The highest BCUT2D eigenvalue weighted by Crippen LogP contribution is 2.40. The molecule has 8 heteroatoms. The zero-order valence-corrected chi connectivity index (χ0v) is 21.6. The third-order valence-corrected chi connectivity index (χ3v) is 10.4. The van der Waals surface area contributed by atoms with E-state index >= 15 is 0 Å². The van der Waals surface area contributed by atoms with E-state index < -0.39 is 26.1 Å². The second-order valence-electron chi connectivity index (χ2n) is 10.6. The van der Waals surface area contributed by atoms with Crippen LogP contribution in [-0.4, -0.2) is 69.2 Å². The Kier molecular flexibility index (Phi) is 8.73. The second kappa shape index (κ2) is 9.83. The number of amides is 2. The minimum atomic E-state index is -2.06. The Labute approximate surface area is 183 Å². The highest BCUT2D eigenvalue weighted by Gasteiger charge is 2.42. The van der Waals surface area contributed by atoms with Gasteiger partial charge >= 0.3 is 6.09 Å². The normalized spacial score (nSPS) is 16.1. The maximum absolute atomic E-state index is 13.1. The molecule has 7 nitrogen and oxygen atoms in total. The highest BCUT2D eigenvalue weighted by atomic mass is 28.4. The molecule has 0 aliphatic heterocycles. The number of likely N-dealkylation sites (N-methyl/N-ethyl adjacent to an activating group) is 1. The highest BCUT2D eigenvalue weighted by molar-refractivity contribution is 6.74. The van der Waals surface area contributed by atoms with E-state index in [2.05, 4.69) is 40.4 Å². The number of ether oxygens (including phenoxy) is 1. The molecule has 1 atom stereocenters. The largest absolute Gasteiger partial charge is 0.444 e. The fourth-order valence-corrected chi connectivity index (χ4v) is 3.60. The number of hydrogen-bond donors (Lipinski definition) is 0. The van der Waals surface area contributed by atoms with Gasteiger partial charge in [0.2, 0.25) is 0 Å². The molecule has 1 aliphatic rings. The molecule has 0 heterocycles. The second-order valence-corrected chi connectivity index (χ2v) is 15.4. The Morgan fingerprint density at radius 2 is 1.67 bits per heavy atom. The number of nitrogens with zero attached hydrogens (tertiary/aromatic N) is 2. The van der Waals surface area contributed by atoms with Crippen molar-refractivity contribution in [2.45, 2.75) is 84.2 Å². The minimum Gasteiger partial charge on any atom is -0.444 e. The van der Waals surface area contributed by atoms with Crippen molar-refractivity contribution in [3.63, 3.8) is 0 Å². The molecule has 0 spiro atoms. The average molecular weight is 443 g/mol. The van der Waals surface area contributed by atoms with Crippen LogP contribution in [0.1, 0.15) is 54.4 Å². The Hall–Kier alpha value is -1.38. The smallest absolute Gasteiger partial charge is 0.411 e. The summed E-state index contributed by atoms with van der Waals surface area (Å²) in [6.45, 7) is 20.7. The number of rotatable bonds is 9. The van der Waals surface area contributed by atoms with E-state index in [9.17, 15) is 9.59 Å². The Morgan fingerprint density at radius 1 is 1.13 bits per heavy atom. The van der Waals surface area contributed by atoms with Gasteiger partial charge in [0.15, 0.2) is 8.32 Å². The zero-order valence-electron chi connectivity index (χ0n) is 20.6. The van der Waals surface area contributed by atoms with Crippen LogP contribution in [0.4, 0.5) is 4.79 Å². The van der Waals surface area contributed by atoms with Gasteiger partial charge in [-0.3, -0.25) is 14.5 Å². The molecule has 0 saturated heterocycles. The standard InChI is InChI=1S/C22H42N2O5Si/c1-16(17-12-13-17)18(15-28-30(10,11)22(5,6)7)24(14-19(25)23(8)27-9)20(26)29-21(2,3)4/h17-18H,1,12-15H2,2-11H3. The van der Waals surface area contributed by atoms with E-state index in [1.54, 1.807) is 0 Å². The summed E-state index contributed by atoms with van der Waals surface area (Å²) in [7, 11) is 0.870. The SMILES string of the molecule is C=C(C1CC1)C(CO[Si](C)(C)C(C)(C)C)N(CC(=O)N(C)OC)C(=O)OC(C)(C)C. The van der Waals surface area contributed by atoms with Gasteiger partial charge < -0.3 is 9.16 Å². The molecule has 0 bridgehead atoms. The molecule has 0 aromatic rings. The molecule has 1 rings (SSSR count).